The van der Waals surface area contributed by atoms with Gasteiger partial charge in [0.25, 0.3) is 10.0 Å². The van der Waals surface area contributed by atoms with Crippen molar-refractivity contribution in [1.82, 2.24) is 10.2 Å². The highest BCUT2D eigenvalue weighted by Gasteiger charge is 2.33. The maximum Gasteiger partial charge on any atom is 0.264 e. The Labute approximate surface area is 240 Å². The van der Waals surface area contributed by atoms with Crippen LogP contribution in [0.25, 0.3) is 0 Å². The zero-order valence-electron chi connectivity index (χ0n) is 22.2. The lowest BCUT2D eigenvalue weighted by atomic mass is 10.1. The lowest BCUT2D eigenvalue weighted by molar-refractivity contribution is -0.140. The van der Waals surface area contributed by atoms with Crippen LogP contribution in [-0.4, -0.2) is 44.3 Å². The minimum absolute atomic E-state index is 0.0489. The molecule has 0 radical (unpaired) electrons. The molecule has 0 unspecified atom stereocenters. The molecule has 3 aromatic rings. The highest BCUT2D eigenvalue weighted by Crippen LogP contribution is 2.26. The van der Waals surface area contributed by atoms with Gasteiger partial charge in [-0.1, -0.05) is 66.9 Å². The largest absolute Gasteiger partial charge is 0.354 e. The number of benzene rings is 3. The minimum atomic E-state index is -4.13. The molecule has 0 aromatic heterocycles. The second kappa shape index (κ2) is 13.8. The first-order chi connectivity index (χ1) is 18.6. The van der Waals surface area contributed by atoms with E-state index in [1.807, 2.05) is 20.8 Å². The van der Waals surface area contributed by atoms with Crippen LogP contribution in [0.15, 0.2) is 77.7 Å². The van der Waals surface area contributed by atoms with E-state index in [1.165, 1.54) is 17.0 Å². The fourth-order valence-corrected chi connectivity index (χ4v) is 5.71. The number of anilines is 1. The Bertz CT molecular complexity index is 1360. The Morgan fingerprint density at radius 3 is 1.97 bits per heavy atom. The van der Waals surface area contributed by atoms with E-state index in [0.717, 1.165) is 21.9 Å². The summed E-state index contributed by atoms with van der Waals surface area (Å²) in [5.74, 6) is -0.810. The van der Waals surface area contributed by atoms with E-state index in [4.69, 9.17) is 23.2 Å². The van der Waals surface area contributed by atoms with Crippen molar-refractivity contribution < 1.29 is 18.0 Å². The number of amides is 2. The molecular formula is C29H33Cl2N3O4S. The van der Waals surface area contributed by atoms with E-state index in [0.29, 0.717) is 23.0 Å². The van der Waals surface area contributed by atoms with E-state index < -0.39 is 28.5 Å². The lowest BCUT2D eigenvalue weighted by Crippen LogP contribution is -2.52. The van der Waals surface area contributed by atoms with Gasteiger partial charge >= 0.3 is 0 Å². The van der Waals surface area contributed by atoms with E-state index in [1.54, 1.807) is 60.7 Å². The summed E-state index contributed by atoms with van der Waals surface area (Å²) in [7, 11) is -4.13. The van der Waals surface area contributed by atoms with Gasteiger partial charge in [0.1, 0.15) is 12.6 Å². The zero-order chi connectivity index (χ0) is 28.6. The molecule has 3 aromatic carbocycles. The summed E-state index contributed by atoms with van der Waals surface area (Å²) in [6, 6.07) is 18.8. The molecule has 3 rings (SSSR count). The van der Waals surface area contributed by atoms with Crippen molar-refractivity contribution in [2.24, 2.45) is 0 Å². The number of halogens is 2. The number of rotatable bonds is 12. The Hall–Kier alpha value is -3.07. The molecule has 0 saturated heterocycles. The van der Waals surface area contributed by atoms with Crippen LogP contribution in [0, 0.1) is 6.92 Å². The predicted octanol–water partition coefficient (Wildman–Crippen LogP) is 5.83. The first-order valence-electron chi connectivity index (χ1n) is 12.7. The summed E-state index contributed by atoms with van der Waals surface area (Å²) in [5.41, 5.74) is 1.94. The van der Waals surface area contributed by atoms with Crippen LogP contribution >= 0.6 is 23.2 Å². The summed E-state index contributed by atoms with van der Waals surface area (Å²) in [5, 5.41) is 3.84. The number of carbonyl (C=O) groups is 2. The van der Waals surface area contributed by atoms with Crippen LogP contribution in [0.4, 0.5) is 5.69 Å². The standard InChI is InChI=1S/C29H33Cl2N3O4S/c1-4-18-32-29(36)27(5-2)33(19-22-8-10-23(30)11-9-22)28(35)20-34(25-14-12-24(31)13-15-25)39(37,38)26-16-6-21(3)7-17-26/h6-17,27H,4-5,18-20H2,1-3H3,(H,32,36)/t27-/m0/s1. The molecule has 2 amide bonds. The van der Waals surface area contributed by atoms with Crippen molar-refractivity contribution in [3.63, 3.8) is 0 Å². The smallest absolute Gasteiger partial charge is 0.264 e. The molecule has 0 spiro atoms. The van der Waals surface area contributed by atoms with Crippen LogP contribution in [0.5, 0.6) is 0 Å². The Balaban J connectivity index is 2.03. The summed E-state index contributed by atoms with van der Waals surface area (Å²) >= 11 is 12.1. The Morgan fingerprint density at radius 2 is 1.44 bits per heavy atom. The van der Waals surface area contributed by atoms with Gasteiger partial charge in [0.15, 0.2) is 0 Å². The third-order valence-electron chi connectivity index (χ3n) is 6.20. The number of sulfonamides is 1. The normalized spacial score (nSPS) is 12.0. The van der Waals surface area contributed by atoms with Gasteiger partial charge in [0.2, 0.25) is 11.8 Å². The lowest BCUT2D eigenvalue weighted by Gasteiger charge is -2.33. The summed E-state index contributed by atoms with van der Waals surface area (Å²) in [4.78, 5) is 28.5. The molecule has 0 fully saturated rings. The van der Waals surface area contributed by atoms with Crippen molar-refractivity contribution in [2.75, 3.05) is 17.4 Å². The monoisotopic (exact) mass is 589 g/mol. The van der Waals surface area contributed by atoms with E-state index in [9.17, 15) is 18.0 Å². The quantitative estimate of drug-likeness (QED) is 0.288. The molecule has 0 aliphatic rings. The van der Waals surface area contributed by atoms with Crippen LogP contribution in [-0.2, 0) is 26.2 Å². The summed E-state index contributed by atoms with van der Waals surface area (Å²) in [6.07, 6.45) is 1.09. The van der Waals surface area contributed by atoms with Gasteiger partial charge in [-0.15, -0.1) is 0 Å². The SMILES string of the molecule is CCCNC(=O)[C@H](CC)N(Cc1ccc(Cl)cc1)C(=O)CN(c1ccc(Cl)cc1)S(=O)(=O)c1ccc(C)cc1. The minimum Gasteiger partial charge on any atom is -0.354 e. The number of nitrogens with one attached hydrogen (secondary N) is 1. The maximum absolute atomic E-state index is 14.0. The first kappa shape index (κ1) is 30.5. The number of carbonyl (C=O) groups excluding carboxylic acids is 2. The molecule has 0 aliphatic carbocycles. The third kappa shape index (κ3) is 7.97. The number of nitrogens with zero attached hydrogens (tertiary/aromatic N) is 2. The average Bonchev–Trinajstić information content (AvgIpc) is 2.92. The molecule has 10 heteroatoms. The molecule has 39 heavy (non-hydrogen) atoms. The highest BCUT2D eigenvalue weighted by molar-refractivity contribution is 7.92. The van der Waals surface area contributed by atoms with E-state index >= 15 is 0 Å². The van der Waals surface area contributed by atoms with Gasteiger partial charge in [-0.05, 0) is 73.9 Å². The molecule has 1 atom stereocenters. The fourth-order valence-electron chi connectivity index (χ4n) is 4.05. The second-order valence-electron chi connectivity index (χ2n) is 9.16. The van der Waals surface area contributed by atoms with Gasteiger partial charge in [0.05, 0.1) is 10.6 Å². The van der Waals surface area contributed by atoms with Crippen LogP contribution < -0.4 is 9.62 Å². The Kier molecular flexibility index (Phi) is 10.8. The molecular weight excluding hydrogens is 557 g/mol. The Morgan fingerprint density at radius 1 is 0.872 bits per heavy atom. The highest BCUT2D eigenvalue weighted by atomic mass is 35.5. The van der Waals surface area contributed by atoms with Crippen molar-refractivity contribution in [3.8, 4) is 0 Å². The van der Waals surface area contributed by atoms with Crippen molar-refractivity contribution in [3.05, 3.63) is 94.0 Å². The average molecular weight is 591 g/mol. The van der Waals surface area contributed by atoms with Gasteiger partial charge in [-0.25, -0.2) is 8.42 Å². The molecule has 0 heterocycles. The van der Waals surface area contributed by atoms with E-state index in [2.05, 4.69) is 5.32 Å². The van der Waals surface area contributed by atoms with Crippen LogP contribution in [0.3, 0.4) is 0 Å². The molecule has 0 bridgehead atoms. The van der Waals surface area contributed by atoms with Gasteiger partial charge < -0.3 is 10.2 Å². The van der Waals surface area contributed by atoms with E-state index in [-0.39, 0.29) is 23.0 Å². The van der Waals surface area contributed by atoms with Crippen molar-refractivity contribution >= 4 is 50.7 Å². The van der Waals surface area contributed by atoms with Gasteiger partial charge in [0, 0.05) is 23.1 Å². The topological polar surface area (TPSA) is 86.8 Å². The molecule has 0 saturated carbocycles. The zero-order valence-corrected chi connectivity index (χ0v) is 24.6. The summed E-state index contributed by atoms with van der Waals surface area (Å²) in [6.45, 7) is 5.68. The maximum atomic E-state index is 14.0. The molecule has 7 nitrogen and oxygen atoms in total. The first-order valence-corrected chi connectivity index (χ1v) is 14.9. The number of aryl methyl sites for hydroxylation is 1. The second-order valence-corrected chi connectivity index (χ2v) is 11.9. The molecule has 0 aliphatic heterocycles. The molecule has 208 valence electrons. The predicted molar refractivity (Wildman–Crippen MR) is 157 cm³/mol. The molecule has 1 N–H and O–H groups in total. The fraction of sp³-hybridized carbons (Fsp3) is 0.310. The van der Waals surface area contributed by atoms with Gasteiger partial charge in [-0.2, -0.15) is 0 Å². The number of hydrogen-bond acceptors (Lipinski definition) is 4. The number of hydrogen-bond donors (Lipinski definition) is 1. The van der Waals surface area contributed by atoms with Crippen LogP contribution in [0.2, 0.25) is 10.0 Å². The third-order valence-corrected chi connectivity index (χ3v) is 8.50. The van der Waals surface area contributed by atoms with Crippen LogP contribution in [0.1, 0.15) is 37.8 Å². The van der Waals surface area contributed by atoms with Gasteiger partial charge in [-0.3, -0.25) is 13.9 Å². The van der Waals surface area contributed by atoms with Crippen molar-refractivity contribution in [2.45, 2.75) is 51.1 Å². The summed E-state index contributed by atoms with van der Waals surface area (Å²) < 4.78 is 28.7. The van der Waals surface area contributed by atoms with Crippen molar-refractivity contribution in [1.29, 1.82) is 0 Å².